The Labute approximate surface area is 191 Å². The van der Waals surface area contributed by atoms with Gasteiger partial charge < -0.3 is 14.8 Å². The number of hydrogen-bond acceptors (Lipinski definition) is 4. The lowest BCUT2D eigenvalue weighted by molar-refractivity contribution is 0.0372. The van der Waals surface area contributed by atoms with Crippen LogP contribution < -0.4 is 5.32 Å². The van der Waals surface area contributed by atoms with Crippen molar-refractivity contribution in [3.05, 3.63) is 47.5 Å². The van der Waals surface area contributed by atoms with Crippen LogP contribution >= 0.6 is 0 Å². The number of likely N-dealkylation sites (tertiary alicyclic amines) is 2. The van der Waals surface area contributed by atoms with Crippen LogP contribution in [0.4, 0.5) is 0 Å². The second kappa shape index (κ2) is 10.0. The van der Waals surface area contributed by atoms with Crippen LogP contribution in [0, 0.1) is 5.92 Å². The zero-order valence-corrected chi connectivity index (χ0v) is 19.4. The number of fused-ring (bicyclic) bond motifs is 2. The monoisotopic (exact) mass is 435 g/mol. The fourth-order valence-corrected chi connectivity index (χ4v) is 5.88. The molecule has 1 aromatic carbocycles. The number of aromatic nitrogens is 3. The van der Waals surface area contributed by atoms with E-state index in [2.05, 4.69) is 65.2 Å². The normalized spacial score (nSPS) is 24.5. The molecule has 1 aromatic heterocycles. The summed E-state index contributed by atoms with van der Waals surface area (Å²) in [5.74, 6) is 3.92. The molecule has 0 spiro atoms. The largest absolute Gasteiger partial charge is 0.349 e. The maximum absolute atomic E-state index is 4.63. The minimum absolute atomic E-state index is 0.686. The topological polar surface area (TPSA) is 61.6 Å². The summed E-state index contributed by atoms with van der Waals surface area (Å²) in [5.41, 5.74) is 1.43. The molecule has 2 aromatic rings. The molecule has 0 amide bonds. The lowest BCUT2D eigenvalue weighted by Crippen LogP contribution is -2.56. The van der Waals surface area contributed by atoms with Crippen LogP contribution in [0.1, 0.15) is 55.7 Å². The van der Waals surface area contributed by atoms with Gasteiger partial charge in [-0.3, -0.25) is 9.89 Å². The summed E-state index contributed by atoms with van der Waals surface area (Å²) < 4.78 is 2.32. The van der Waals surface area contributed by atoms with E-state index < -0.39 is 0 Å². The Morgan fingerprint density at radius 2 is 1.94 bits per heavy atom. The van der Waals surface area contributed by atoms with Gasteiger partial charge in [0.1, 0.15) is 5.82 Å². The van der Waals surface area contributed by atoms with Crippen molar-refractivity contribution < 1.29 is 0 Å². The van der Waals surface area contributed by atoms with Gasteiger partial charge in [0.2, 0.25) is 0 Å². The van der Waals surface area contributed by atoms with Crippen molar-refractivity contribution in [1.82, 2.24) is 29.9 Å². The predicted octanol–water partition coefficient (Wildman–Crippen LogP) is 3.07. The van der Waals surface area contributed by atoms with E-state index >= 15 is 0 Å². The fourth-order valence-electron chi connectivity index (χ4n) is 5.88. The second-order valence-corrected chi connectivity index (χ2v) is 9.56. The van der Waals surface area contributed by atoms with Crippen molar-refractivity contribution in [2.24, 2.45) is 10.9 Å². The first kappa shape index (κ1) is 21.4. The molecule has 0 saturated carbocycles. The highest BCUT2D eigenvalue weighted by Crippen LogP contribution is 2.31. The fraction of sp³-hybridized carbons (Fsp3) is 0.640. The van der Waals surface area contributed by atoms with Crippen molar-refractivity contribution in [3.8, 4) is 0 Å². The van der Waals surface area contributed by atoms with Crippen LogP contribution in [0.15, 0.2) is 35.3 Å². The number of nitrogens with one attached hydrogen (secondary N) is 1. The molecule has 5 rings (SSSR count). The molecule has 2 saturated heterocycles. The summed E-state index contributed by atoms with van der Waals surface area (Å²) in [6.07, 6.45) is 8.61. The van der Waals surface area contributed by atoms with Gasteiger partial charge in [-0.15, -0.1) is 10.2 Å². The Balaban J connectivity index is 1.19. The molecule has 3 aliphatic rings. The lowest BCUT2D eigenvalue weighted by Gasteiger charge is -2.48. The maximum atomic E-state index is 4.63. The van der Waals surface area contributed by atoms with E-state index in [1.807, 2.05) is 7.05 Å². The van der Waals surface area contributed by atoms with E-state index in [4.69, 9.17) is 0 Å². The van der Waals surface area contributed by atoms with E-state index in [-0.39, 0.29) is 0 Å². The molecule has 3 aliphatic heterocycles. The smallest absolute Gasteiger partial charge is 0.194 e. The molecular weight excluding hydrogens is 398 g/mol. The summed E-state index contributed by atoms with van der Waals surface area (Å²) in [4.78, 5) is 9.82. The number of aryl methyl sites for hydroxylation is 1. The summed E-state index contributed by atoms with van der Waals surface area (Å²) in [6, 6.07) is 11.6. The standard InChI is InChI=1S/C25H37N7/c1-26-25(27-17-24-29-28-23-12-6-3-7-15-32(23)24)31-16-13-22-21(19-31)11-8-14-30(22)18-20-9-4-2-5-10-20/h2,4-5,9-10,21-22H,3,6-8,11-19H2,1H3,(H,26,27). The Morgan fingerprint density at radius 1 is 1.03 bits per heavy atom. The average Bonchev–Trinajstić information content (AvgIpc) is 3.06. The van der Waals surface area contributed by atoms with E-state index in [0.29, 0.717) is 18.5 Å². The SMILES string of the molecule is CN=C(NCc1nnc2n1CCCCC2)N1CCC2C(CCCN2Cc2ccccc2)C1. The van der Waals surface area contributed by atoms with Gasteiger partial charge in [0, 0.05) is 45.7 Å². The second-order valence-electron chi connectivity index (χ2n) is 9.56. The summed E-state index contributed by atoms with van der Waals surface area (Å²) in [6.45, 7) is 6.19. The van der Waals surface area contributed by atoms with Gasteiger partial charge in [-0.05, 0) is 50.1 Å². The molecule has 0 aliphatic carbocycles. The number of nitrogens with zero attached hydrogens (tertiary/aromatic N) is 6. The highest BCUT2D eigenvalue weighted by molar-refractivity contribution is 5.79. The lowest BCUT2D eigenvalue weighted by atomic mass is 9.83. The highest BCUT2D eigenvalue weighted by Gasteiger charge is 2.36. The molecule has 2 fully saturated rings. The number of benzene rings is 1. The Kier molecular flexibility index (Phi) is 6.72. The zero-order valence-electron chi connectivity index (χ0n) is 19.4. The third kappa shape index (κ3) is 4.68. The van der Waals surface area contributed by atoms with Gasteiger partial charge >= 0.3 is 0 Å². The summed E-state index contributed by atoms with van der Waals surface area (Å²) >= 11 is 0. The predicted molar refractivity (Wildman–Crippen MR) is 127 cm³/mol. The van der Waals surface area contributed by atoms with Crippen molar-refractivity contribution in [1.29, 1.82) is 0 Å². The van der Waals surface area contributed by atoms with Gasteiger partial charge in [-0.1, -0.05) is 36.8 Å². The Bertz CT molecular complexity index is 906. The van der Waals surface area contributed by atoms with E-state index in [0.717, 1.165) is 50.2 Å². The van der Waals surface area contributed by atoms with Crippen LogP contribution in [0.2, 0.25) is 0 Å². The van der Waals surface area contributed by atoms with Crippen LogP contribution in [-0.4, -0.2) is 63.2 Å². The molecule has 1 N–H and O–H groups in total. The molecule has 0 radical (unpaired) electrons. The quantitative estimate of drug-likeness (QED) is 0.591. The first-order chi connectivity index (χ1) is 15.8. The molecule has 2 atom stereocenters. The number of hydrogen-bond donors (Lipinski definition) is 1. The Morgan fingerprint density at radius 3 is 2.81 bits per heavy atom. The molecule has 4 heterocycles. The zero-order chi connectivity index (χ0) is 21.8. The van der Waals surface area contributed by atoms with Crippen molar-refractivity contribution in [3.63, 3.8) is 0 Å². The summed E-state index contributed by atoms with van der Waals surface area (Å²) in [5, 5.41) is 12.5. The summed E-state index contributed by atoms with van der Waals surface area (Å²) in [7, 11) is 1.90. The third-order valence-corrected chi connectivity index (χ3v) is 7.51. The first-order valence-electron chi connectivity index (χ1n) is 12.5. The van der Waals surface area contributed by atoms with Gasteiger partial charge in [0.05, 0.1) is 6.54 Å². The molecule has 2 unspecified atom stereocenters. The molecule has 7 nitrogen and oxygen atoms in total. The number of guanidine groups is 1. The van der Waals surface area contributed by atoms with Crippen LogP contribution in [0.3, 0.4) is 0 Å². The number of rotatable bonds is 4. The van der Waals surface area contributed by atoms with Gasteiger partial charge in [0.25, 0.3) is 0 Å². The molecule has 0 bridgehead atoms. The van der Waals surface area contributed by atoms with Gasteiger partial charge in [0.15, 0.2) is 11.8 Å². The first-order valence-corrected chi connectivity index (χ1v) is 12.5. The minimum atomic E-state index is 0.686. The molecule has 32 heavy (non-hydrogen) atoms. The molecule has 7 heteroatoms. The van der Waals surface area contributed by atoms with E-state index in [1.165, 1.54) is 50.6 Å². The van der Waals surface area contributed by atoms with Crippen LogP contribution in [-0.2, 0) is 26.1 Å². The molecular formula is C25H37N7. The maximum Gasteiger partial charge on any atom is 0.194 e. The van der Waals surface area contributed by atoms with Crippen LogP contribution in [0.25, 0.3) is 0 Å². The third-order valence-electron chi connectivity index (χ3n) is 7.51. The molecule has 172 valence electrons. The van der Waals surface area contributed by atoms with E-state index in [1.54, 1.807) is 0 Å². The van der Waals surface area contributed by atoms with Gasteiger partial charge in [-0.2, -0.15) is 0 Å². The van der Waals surface area contributed by atoms with E-state index in [9.17, 15) is 0 Å². The van der Waals surface area contributed by atoms with Crippen LogP contribution in [0.5, 0.6) is 0 Å². The average molecular weight is 436 g/mol. The van der Waals surface area contributed by atoms with Crippen molar-refractivity contribution in [2.45, 2.75) is 70.6 Å². The highest BCUT2D eigenvalue weighted by atomic mass is 15.3. The Hall–Kier alpha value is -2.41. The van der Waals surface area contributed by atoms with Crippen molar-refractivity contribution in [2.75, 3.05) is 26.7 Å². The number of aliphatic imine (C=N–C) groups is 1. The number of piperidine rings is 2. The van der Waals surface area contributed by atoms with Gasteiger partial charge in [-0.25, -0.2) is 0 Å². The van der Waals surface area contributed by atoms with Crippen molar-refractivity contribution >= 4 is 5.96 Å². The minimum Gasteiger partial charge on any atom is -0.349 e.